The molecule has 0 aromatic rings. The van der Waals surface area contributed by atoms with Gasteiger partial charge in [0.1, 0.15) is 6.10 Å². The summed E-state index contributed by atoms with van der Waals surface area (Å²) in [5, 5.41) is 0. The number of hydrogen-bond donors (Lipinski definition) is 1. The molecule has 2 aliphatic rings. The molecule has 1 unspecified atom stereocenters. The molecule has 2 rings (SSSR count). The van der Waals surface area contributed by atoms with Crippen LogP contribution in [0.15, 0.2) is 0 Å². The summed E-state index contributed by atoms with van der Waals surface area (Å²) in [6.07, 6.45) is 2.93. The van der Waals surface area contributed by atoms with Crippen molar-refractivity contribution in [2.75, 3.05) is 19.7 Å². The van der Waals surface area contributed by atoms with Crippen molar-refractivity contribution in [3.8, 4) is 0 Å². The van der Waals surface area contributed by atoms with Gasteiger partial charge in [-0.1, -0.05) is 0 Å². The molecular weight excluding hydrogens is 208 g/mol. The molecule has 0 spiro atoms. The first-order valence-corrected chi connectivity index (χ1v) is 5.88. The van der Waals surface area contributed by atoms with Crippen molar-refractivity contribution >= 4 is 11.8 Å². The van der Waals surface area contributed by atoms with Gasteiger partial charge < -0.3 is 15.4 Å². The van der Waals surface area contributed by atoms with Crippen LogP contribution in [-0.4, -0.2) is 42.5 Å². The fourth-order valence-electron chi connectivity index (χ4n) is 2.36. The zero-order valence-corrected chi connectivity index (χ0v) is 9.35. The molecule has 0 saturated carbocycles. The fourth-order valence-corrected chi connectivity index (χ4v) is 2.36. The van der Waals surface area contributed by atoms with E-state index in [4.69, 9.17) is 10.5 Å². The van der Waals surface area contributed by atoms with Crippen LogP contribution in [0.3, 0.4) is 0 Å². The Balaban J connectivity index is 1.84. The first-order chi connectivity index (χ1) is 7.68. The van der Waals surface area contributed by atoms with E-state index in [-0.39, 0.29) is 23.8 Å². The topological polar surface area (TPSA) is 72.6 Å². The van der Waals surface area contributed by atoms with E-state index < -0.39 is 0 Å². The largest absolute Gasteiger partial charge is 0.369 e. The van der Waals surface area contributed by atoms with Crippen molar-refractivity contribution in [2.24, 2.45) is 11.7 Å². The average molecular weight is 226 g/mol. The van der Waals surface area contributed by atoms with Crippen LogP contribution in [0.25, 0.3) is 0 Å². The lowest BCUT2D eigenvalue weighted by Gasteiger charge is -2.32. The van der Waals surface area contributed by atoms with Gasteiger partial charge in [-0.2, -0.15) is 0 Å². The van der Waals surface area contributed by atoms with Gasteiger partial charge in [0.25, 0.3) is 5.91 Å². The Kier molecular flexibility index (Phi) is 3.43. The Morgan fingerprint density at radius 2 is 1.88 bits per heavy atom. The van der Waals surface area contributed by atoms with E-state index in [2.05, 4.69) is 0 Å². The van der Waals surface area contributed by atoms with Crippen LogP contribution in [0.1, 0.15) is 25.7 Å². The van der Waals surface area contributed by atoms with Crippen LogP contribution >= 0.6 is 0 Å². The summed E-state index contributed by atoms with van der Waals surface area (Å²) in [5.74, 6) is -0.224. The number of primary amides is 1. The zero-order valence-electron chi connectivity index (χ0n) is 9.35. The number of nitrogens with zero attached hydrogens (tertiary/aromatic N) is 1. The maximum atomic E-state index is 12.0. The standard InChI is InChI=1S/C11H18N2O3/c12-10(14)8-3-5-13(6-4-8)11(15)9-2-1-7-16-9/h8-9H,1-7H2,(H2,12,14). The van der Waals surface area contributed by atoms with E-state index >= 15 is 0 Å². The second kappa shape index (κ2) is 4.82. The van der Waals surface area contributed by atoms with Gasteiger partial charge in [0, 0.05) is 25.6 Å². The predicted octanol–water partition coefficient (Wildman–Crippen LogP) is -0.111. The second-order valence-corrected chi connectivity index (χ2v) is 4.50. The molecule has 5 nitrogen and oxygen atoms in total. The summed E-state index contributed by atoms with van der Waals surface area (Å²) in [5.41, 5.74) is 5.24. The molecule has 0 aromatic heterocycles. The summed E-state index contributed by atoms with van der Waals surface area (Å²) in [7, 11) is 0. The normalized spacial score (nSPS) is 27.0. The summed E-state index contributed by atoms with van der Waals surface area (Å²) in [6, 6.07) is 0. The molecule has 2 N–H and O–H groups in total. The Morgan fingerprint density at radius 3 is 2.38 bits per heavy atom. The first-order valence-electron chi connectivity index (χ1n) is 5.88. The third kappa shape index (κ3) is 2.35. The van der Waals surface area contributed by atoms with Gasteiger partial charge in [-0.05, 0) is 25.7 Å². The quantitative estimate of drug-likeness (QED) is 0.714. The number of nitrogens with two attached hydrogens (primary N) is 1. The highest BCUT2D eigenvalue weighted by molar-refractivity contribution is 5.82. The maximum absolute atomic E-state index is 12.0. The Morgan fingerprint density at radius 1 is 1.19 bits per heavy atom. The van der Waals surface area contributed by atoms with Gasteiger partial charge in [-0.15, -0.1) is 0 Å². The van der Waals surface area contributed by atoms with Gasteiger partial charge >= 0.3 is 0 Å². The minimum absolute atomic E-state index is 0.0615. The van der Waals surface area contributed by atoms with Gasteiger partial charge in [-0.25, -0.2) is 0 Å². The lowest BCUT2D eigenvalue weighted by Crippen LogP contribution is -2.45. The lowest BCUT2D eigenvalue weighted by atomic mass is 9.96. The molecule has 0 aromatic carbocycles. The zero-order chi connectivity index (χ0) is 11.5. The number of amides is 2. The molecule has 5 heteroatoms. The van der Waals surface area contributed by atoms with E-state index in [1.54, 1.807) is 4.90 Å². The smallest absolute Gasteiger partial charge is 0.251 e. The molecule has 0 aliphatic carbocycles. The minimum Gasteiger partial charge on any atom is -0.369 e. The van der Waals surface area contributed by atoms with Gasteiger partial charge in [-0.3, -0.25) is 9.59 Å². The summed E-state index contributed by atoms with van der Waals surface area (Å²) in [6.45, 7) is 1.95. The van der Waals surface area contributed by atoms with Crippen molar-refractivity contribution < 1.29 is 14.3 Å². The molecule has 2 fully saturated rings. The summed E-state index contributed by atoms with van der Waals surface area (Å²) < 4.78 is 5.36. The fraction of sp³-hybridized carbons (Fsp3) is 0.818. The SMILES string of the molecule is NC(=O)C1CCN(C(=O)C2CCCO2)CC1. The second-order valence-electron chi connectivity index (χ2n) is 4.50. The predicted molar refractivity (Wildman–Crippen MR) is 57.5 cm³/mol. The van der Waals surface area contributed by atoms with E-state index in [1.165, 1.54) is 0 Å². The highest BCUT2D eigenvalue weighted by Gasteiger charge is 2.31. The van der Waals surface area contributed by atoms with Crippen LogP contribution in [0, 0.1) is 5.92 Å². The number of carbonyl (C=O) groups is 2. The third-order valence-corrected chi connectivity index (χ3v) is 3.41. The van der Waals surface area contributed by atoms with E-state index in [0.29, 0.717) is 32.5 Å². The molecule has 2 aliphatic heterocycles. The molecular formula is C11H18N2O3. The van der Waals surface area contributed by atoms with Gasteiger partial charge in [0.2, 0.25) is 5.91 Å². The molecule has 2 heterocycles. The van der Waals surface area contributed by atoms with Crippen LogP contribution in [-0.2, 0) is 14.3 Å². The van der Waals surface area contributed by atoms with Crippen molar-refractivity contribution in [1.82, 2.24) is 4.90 Å². The third-order valence-electron chi connectivity index (χ3n) is 3.41. The molecule has 0 radical (unpaired) electrons. The number of piperidine rings is 1. The van der Waals surface area contributed by atoms with E-state index in [9.17, 15) is 9.59 Å². The number of ether oxygens (including phenoxy) is 1. The summed E-state index contributed by atoms with van der Waals surface area (Å²) >= 11 is 0. The number of hydrogen-bond acceptors (Lipinski definition) is 3. The number of rotatable bonds is 2. The lowest BCUT2D eigenvalue weighted by molar-refractivity contribution is -0.143. The number of likely N-dealkylation sites (tertiary alicyclic amines) is 1. The summed E-state index contributed by atoms with van der Waals surface area (Å²) in [4.78, 5) is 24.7. The Labute approximate surface area is 94.9 Å². The van der Waals surface area contributed by atoms with Crippen molar-refractivity contribution in [2.45, 2.75) is 31.8 Å². The highest BCUT2D eigenvalue weighted by atomic mass is 16.5. The van der Waals surface area contributed by atoms with Gasteiger partial charge in [0.15, 0.2) is 0 Å². The van der Waals surface area contributed by atoms with Crippen molar-refractivity contribution in [3.63, 3.8) is 0 Å². The van der Waals surface area contributed by atoms with Crippen LogP contribution in [0.2, 0.25) is 0 Å². The monoisotopic (exact) mass is 226 g/mol. The molecule has 16 heavy (non-hydrogen) atoms. The van der Waals surface area contributed by atoms with Gasteiger partial charge in [0.05, 0.1) is 0 Å². The minimum atomic E-state index is -0.246. The molecule has 2 saturated heterocycles. The van der Waals surface area contributed by atoms with E-state index in [0.717, 1.165) is 12.8 Å². The first kappa shape index (κ1) is 11.4. The Bertz CT molecular complexity index is 279. The average Bonchev–Trinajstić information content (AvgIpc) is 2.81. The molecule has 1 atom stereocenters. The van der Waals surface area contributed by atoms with Crippen LogP contribution in [0.5, 0.6) is 0 Å². The number of carbonyl (C=O) groups excluding carboxylic acids is 2. The van der Waals surface area contributed by atoms with Crippen molar-refractivity contribution in [3.05, 3.63) is 0 Å². The van der Waals surface area contributed by atoms with Crippen LogP contribution < -0.4 is 5.73 Å². The van der Waals surface area contributed by atoms with Crippen LogP contribution in [0.4, 0.5) is 0 Å². The van der Waals surface area contributed by atoms with E-state index in [1.807, 2.05) is 0 Å². The highest BCUT2D eigenvalue weighted by Crippen LogP contribution is 2.20. The molecule has 90 valence electrons. The molecule has 0 bridgehead atoms. The molecule has 2 amide bonds. The Hall–Kier alpha value is -1.10. The van der Waals surface area contributed by atoms with Crippen molar-refractivity contribution in [1.29, 1.82) is 0 Å². The maximum Gasteiger partial charge on any atom is 0.251 e.